The minimum Gasteiger partial charge on any atom is -0.351 e. The molecule has 7 heteroatoms. The van der Waals surface area contributed by atoms with Gasteiger partial charge >= 0.3 is 0 Å². The third-order valence-electron chi connectivity index (χ3n) is 3.81. The van der Waals surface area contributed by atoms with E-state index in [0.717, 1.165) is 29.3 Å². The van der Waals surface area contributed by atoms with Crippen molar-refractivity contribution in [3.05, 3.63) is 34.9 Å². The molecule has 0 saturated heterocycles. The molecule has 2 aromatic rings. The number of hydrogen-bond acceptors (Lipinski definition) is 5. The van der Waals surface area contributed by atoms with Gasteiger partial charge in [0.1, 0.15) is 0 Å². The molecule has 116 valence electrons. The number of fused-ring (bicyclic) bond motifs is 1. The predicted octanol–water partition coefficient (Wildman–Crippen LogP) is 1.61. The van der Waals surface area contributed by atoms with Gasteiger partial charge in [-0.05, 0) is 59.4 Å². The van der Waals surface area contributed by atoms with Gasteiger partial charge in [0.15, 0.2) is 0 Å². The van der Waals surface area contributed by atoms with Crippen LogP contribution < -0.4 is 5.32 Å². The summed E-state index contributed by atoms with van der Waals surface area (Å²) in [5.41, 5.74) is 3.48. The molecule has 1 aliphatic carbocycles. The van der Waals surface area contributed by atoms with Crippen LogP contribution in [0.15, 0.2) is 23.4 Å². The first kappa shape index (κ1) is 15.0. The van der Waals surface area contributed by atoms with Gasteiger partial charge in [-0.15, -0.1) is 5.10 Å². The first-order valence-electron chi connectivity index (χ1n) is 7.49. The SMILES string of the molecule is Cn1nnnc1SCCNC(=O)c1ccc2c(c1)CCCC2. The van der Waals surface area contributed by atoms with Crippen molar-refractivity contribution in [3.8, 4) is 0 Å². The Morgan fingerprint density at radius 1 is 1.32 bits per heavy atom. The Morgan fingerprint density at radius 3 is 2.91 bits per heavy atom. The zero-order valence-corrected chi connectivity index (χ0v) is 13.4. The fourth-order valence-electron chi connectivity index (χ4n) is 2.63. The van der Waals surface area contributed by atoms with Gasteiger partial charge in [0.05, 0.1) is 0 Å². The van der Waals surface area contributed by atoms with Gasteiger partial charge in [0, 0.05) is 24.9 Å². The summed E-state index contributed by atoms with van der Waals surface area (Å²) in [6.45, 7) is 0.591. The number of nitrogens with zero attached hydrogens (tertiary/aromatic N) is 4. The molecule has 22 heavy (non-hydrogen) atoms. The molecule has 1 N–H and O–H groups in total. The molecule has 0 radical (unpaired) electrons. The van der Waals surface area contributed by atoms with Crippen molar-refractivity contribution in [2.45, 2.75) is 30.8 Å². The van der Waals surface area contributed by atoms with Crippen LogP contribution in [0.1, 0.15) is 34.3 Å². The maximum Gasteiger partial charge on any atom is 0.251 e. The van der Waals surface area contributed by atoms with Crippen molar-refractivity contribution < 1.29 is 4.79 Å². The number of benzene rings is 1. The summed E-state index contributed by atoms with van der Waals surface area (Å²) in [5, 5.41) is 14.9. The van der Waals surface area contributed by atoms with Crippen molar-refractivity contribution in [3.63, 3.8) is 0 Å². The molecule has 0 fully saturated rings. The van der Waals surface area contributed by atoms with Crippen molar-refractivity contribution in [2.75, 3.05) is 12.3 Å². The monoisotopic (exact) mass is 317 g/mol. The fourth-order valence-corrected chi connectivity index (χ4v) is 3.33. The van der Waals surface area contributed by atoms with Gasteiger partial charge < -0.3 is 5.32 Å². The largest absolute Gasteiger partial charge is 0.351 e. The molecule has 1 aromatic heterocycles. The second-order valence-electron chi connectivity index (χ2n) is 5.38. The van der Waals surface area contributed by atoms with Crippen molar-refractivity contribution in [1.29, 1.82) is 0 Å². The van der Waals surface area contributed by atoms with Crippen molar-refractivity contribution >= 4 is 17.7 Å². The van der Waals surface area contributed by atoms with Crippen LogP contribution in [-0.4, -0.2) is 38.4 Å². The van der Waals surface area contributed by atoms with E-state index in [4.69, 9.17) is 0 Å². The molecular formula is C15H19N5OS. The maximum atomic E-state index is 12.2. The summed E-state index contributed by atoms with van der Waals surface area (Å²) in [7, 11) is 1.80. The van der Waals surface area contributed by atoms with Crippen LogP contribution in [0.25, 0.3) is 0 Å². The van der Waals surface area contributed by atoms with E-state index in [0.29, 0.717) is 6.54 Å². The molecule has 0 aliphatic heterocycles. The third-order valence-corrected chi connectivity index (χ3v) is 4.82. The topological polar surface area (TPSA) is 72.7 Å². The molecule has 1 aliphatic rings. The number of amides is 1. The van der Waals surface area contributed by atoms with Crippen LogP contribution in [0, 0.1) is 0 Å². The Kier molecular flexibility index (Phi) is 4.72. The van der Waals surface area contributed by atoms with E-state index in [9.17, 15) is 4.79 Å². The van der Waals surface area contributed by atoms with Crippen LogP contribution in [0.5, 0.6) is 0 Å². The van der Waals surface area contributed by atoms with E-state index >= 15 is 0 Å². The normalized spacial score (nSPS) is 13.7. The first-order valence-corrected chi connectivity index (χ1v) is 8.48. The smallest absolute Gasteiger partial charge is 0.251 e. The summed E-state index contributed by atoms with van der Waals surface area (Å²) < 4.78 is 1.62. The van der Waals surface area contributed by atoms with E-state index in [-0.39, 0.29) is 5.91 Å². The van der Waals surface area contributed by atoms with Crippen LogP contribution in [0.2, 0.25) is 0 Å². The number of thioether (sulfide) groups is 1. The summed E-state index contributed by atoms with van der Waals surface area (Å²) in [6.07, 6.45) is 4.71. The van der Waals surface area contributed by atoms with Crippen LogP contribution in [0.4, 0.5) is 0 Å². The lowest BCUT2D eigenvalue weighted by atomic mass is 9.90. The minimum absolute atomic E-state index is 0.00920. The Morgan fingerprint density at radius 2 is 2.14 bits per heavy atom. The molecule has 0 unspecified atom stereocenters. The molecular weight excluding hydrogens is 298 g/mol. The average Bonchev–Trinajstić information content (AvgIpc) is 2.96. The Labute approximate surface area is 133 Å². The Bertz CT molecular complexity index is 670. The number of carbonyl (C=O) groups excluding carboxylic acids is 1. The lowest BCUT2D eigenvalue weighted by molar-refractivity contribution is 0.0956. The van der Waals surface area contributed by atoms with E-state index in [1.807, 2.05) is 12.1 Å². The highest BCUT2D eigenvalue weighted by Crippen LogP contribution is 2.22. The number of rotatable bonds is 5. The lowest BCUT2D eigenvalue weighted by Gasteiger charge is -2.16. The average molecular weight is 317 g/mol. The van der Waals surface area contributed by atoms with E-state index < -0.39 is 0 Å². The second-order valence-corrected chi connectivity index (χ2v) is 6.44. The van der Waals surface area contributed by atoms with Gasteiger partial charge in [0.25, 0.3) is 5.91 Å². The van der Waals surface area contributed by atoms with E-state index in [2.05, 4.69) is 26.9 Å². The van der Waals surface area contributed by atoms with Crippen LogP contribution >= 0.6 is 11.8 Å². The number of aryl methyl sites for hydroxylation is 3. The predicted molar refractivity (Wildman–Crippen MR) is 84.9 cm³/mol. The maximum absolute atomic E-state index is 12.2. The summed E-state index contributed by atoms with van der Waals surface area (Å²) in [4.78, 5) is 12.2. The number of nitrogens with one attached hydrogen (secondary N) is 1. The number of tetrazole rings is 1. The number of carbonyl (C=O) groups is 1. The third kappa shape index (κ3) is 3.47. The molecule has 0 bridgehead atoms. The molecule has 0 spiro atoms. The van der Waals surface area contributed by atoms with Crippen molar-refractivity contribution in [1.82, 2.24) is 25.5 Å². The quantitative estimate of drug-likeness (QED) is 0.670. The minimum atomic E-state index is -0.00920. The molecule has 6 nitrogen and oxygen atoms in total. The van der Waals surface area contributed by atoms with Crippen LogP contribution in [0.3, 0.4) is 0 Å². The summed E-state index contributed by atoms with van der Waals surface area (Å²) in [5.74, 6) is 0.732. The summed E-state index contributed by atoms with van der Waals surface area (Å²) >= 11 is 1.53. The number of aromatic nitrogens is 4. The molecule has 1 heterocycles. The van der Waals surface area contributed by atoms with E-state index in [1.165, 1.54) is 35.7 Å². The molecule has 0 atom stereocenters. The first-order chi connectivity index (χ1) is 10.7. The molecule has 0 saturated carbocycles. The standard InChI is InChI=1S/C15H19N5OS/c1-20-15(17-18-19-20)22-9-8-16-14(21)13-7-6-11-4-2-3-5-12(11)10-13/h6-7,10H,2-5,8-9H2,1H3,(H,16,21). The highest BCUT2D eigenvalue weighted by atomic mass is 32.2. The van der Waals surface area contributed by atoms with Gasteiger partial charge in [-0.2, -0.15) is 0 Å². The summed E-state index contributed by atoms with van der Waals surface area (Å²) in [6, 6.07) is 6.08. The van der Waals surface area contributed by atoms with Gasteiger partial charge in [0.2, 0.25) is 5.16 Å². The lowest BCUT2D eigenvalue weighted by Crippen LogP contribution is -2.26. The zero-order valence-electron chi connectivity index (χ0n) is 12.6. The van der Waals surface area contributed by atoms with Gasteiger partial charge in [-0.3, -0.25) is 4.79 Å². The van der Waals surface area contributed by atoms with Gasteiger partial charge in [-0.25, -0.2) is 4.68 Å². The van der Waals surface area contributed by atoms with Gasteiger partial charge in [-0.1, -0.05) is 17.8 Å². The molecule has 1 aromatic carbocycles. The number of hydrogen-bond donors (Lipinski definition) is 1. The zero-order chi connectivity index (χ0) is 15.4. The Balaban J connectivity index is 1.50. The van der Waals surface area contributed by atoms with E-state index in [1.54, 1.807) is 11.7 Å². The van der Waals surface area contributed by atoms with Crippen LogP contribution in [-0.2, 0) is 19.9 Å². The molecule has 1 amide bonds. The van der Waals surface area contributed by atoms with Crippen molar-refractivity contribution in [2.24, 2.45) is 7.05 Å². The molecule has 3 rings (SSSR count). The highest BCUT2D eigenvalue weighted by molar-refractivity contribution is 7.99. The Hall–Kier alpha value is -1.89. The second kappa shape index (κ2) is 6.91. The highest BCUT2D eigenvalue weighted by Gasteiger charge is 2.12. The fraction of sp³-hybridized carbons (Fsp3) is 0.467.